The predicted octanol–water partition coefficient (Wildman–Crippen LogP) is 1.34. The van der Waals surface area contributed by atoms with Crippen LogP contribution in [0.25, 0.3) is 0 Å². The molecular formula is C14H17N5O. The highest BCUT2D eigenvalue weighted by molar-refractivity contribution is 5.94. The van der Waals surface area contributed by atoms with Crippen LogP contribution in [-0.2, 0) is 24.8 Å². The molecule has 0 saturated heterocycles. The fourth-order valence-corrected chi connectivity index (χ4v) is 2.51. The molecule has 6 heteroatoms. The van der Waals surface area contributed by atoms with E-state index in [0.29, 0.717) is 6.54 Å². The van der Waals surface area contributed by atoms with E-state index in [1.54, 1.807) is 11.6 Å². The summed E-state index contributed by atoms with van der Waals surface area (Å²) in [6, 6.07) is 6.11. The second-order valence-corrected chi connectivity index (χ2v) is 5.00. The molecule has 0 radical (unpaired) electrons. The lowest BCUT2D eigenvalue weighted by Gasteiger charge is -2.15. The number of carbonyl (C=O) groups is 1. The average molecular weight is 271 g/mol. The number of carbonyl (C=O) groups excluding carboxylic acids is 1. The van der Waals surface area contributed by atoms with Crippen molar-refractivity contribution < 1.29 is 4.79 Å². The van der Waals surface area contributed by atoms with Gasteiger partial charge in [-0.1, -0.05) is 5.21 Å². The lowest BCUT2D eigenvalue weighted by Crippen LogP contribution is -2.25. The number of nitrogens with zero attached hydrogens (tertiary/aromatic N) is 4. The van der Waals surface area contributed by atoms with Gasteiger partial charge in [0, 0.05) is 38.1 Å². The Hall–Kier alpha value is -2.37. The summed E-state index contributed by atoms with van der Waals surface area (Å²) < 4.78 is 1.68. The van der Waals surface area contributed by atoms with E-state index in [-0.39, 0.29) is 5.91 Å². The molecule has 3 rings (SSSR count). The number of anilines is 2. The summed E-state index contributed by atoms with van der Waals surface area (Å²) in [5.74, 6) is 0.101. The van der Waals surface area contributed by atoms with Gasteiger partial charge >= 0.3 is 0 Å². The molecule has 1 aromatic carbocycles. The molecule has 0 unspecified atom stereocenters. The van der Waals surface area contributed by atoms with Gasteiger partial charge in [0.05, 0.1) is 6.54 Å². The van der Waals surface area contributed by atoms with Crippen molar-refractivity contribution >= 4 is 17.3 Å². The summed E-state index contributed by atoms with van der Waals surface area (Å²) in [5, 5.41) is 11.3. The van der Waals surface area contributed by atoms with Crippen LogP contribution in [0, 0.1) is 0 Å². The van der Waals surface area contributed by atoms with Gasteiger partial charge in [-0.25, -0.2) is 0 Å². The van der Waals surface area contributed by atoms with E-state index in [1.165, 1.54) is 5.56 Å². The Bertz CT molecular complexity index is 649. The van der Waals surface area contributed by atoms with E-state index in [0.717, 1.165) is 30.0 Å². The van der Waals surface area contributed by atoms with Gasteiger partial charge in [-0.3, -0.25) is 9.48 Å². The maximum Gasteiger partial charge on any atom is 0.223 e. The molecule has 0 atom stereocenters. The van der Waals surface area contributed by atoms with E-state index >= 15 is 0 Å². The van der Waals surface area contributed by atoms with E-state index in [1.807, 2.05) is 30.3 Å². The first-order valence-electron chi connectivity index (χ1n) is 6.63. The van der Waals surface area contributed by atoms with Crippen LogP contribution >= 0.6 is 0 Å². The minimum absolute atomic E-state index is 0.101. The molecule has 2 heterocycles. The van der Waals surface area contributed by atoms with Crippen LogP contribution < -0.4 is 10.2 Å². The molecule has 104 valence electrons. The van der Waals surface area contributed by atoms with Gasteiger partial charge in [0.1, 0.15) is 5.69 Å². The van der Waals surface area contributed by atoms with Crippen LogP contribution in [0.2, 0.25) is 0 Å². The Balaban J connectivity index is 1.72. The monoisotopic (exact) mass is 271 g/mol. The Labute approximate surface area is 117 Å². The molecule has 6 nitrogen and oxygen atoms in total. The van der Waals surface area contributed by atoms with Gasteiger partial charge in [0.2, 0.25) is 5.91 Å². The molecule has 0 bridgehead atoms. The smallest absolute Gasteiger partial charge is 0.223 e. The Morgan fingerprint density at radius 1 is 1.45 bits per heavy atom. The Morgan fingerprint density at radius 2 is 2.30 bits per heavy atom. The second-order valence-electron chi connectivity index (χ2n) is 5.00. The lowest BCUT2D eigenvalue weighted by atomic mass is 10.1. The van der Waals surface area contributed by atoms with E-state index in [2.05, 4.69) is 21.7 Å². The summed E-state index contributed by atoms with van der Waals surface area (Å²) >= 11 is 0. The first-order valence-corrected chi connectivity index (χ1v) is 6.63. The third-order valence-electron chi connectivity index (χ3n) is 3.48. The van der Waals surface area contributed by atoms with Gasteiger partial charge in [-0.2, -0.15) is 0 Å². The number of hydrogen-bond acceptors (Lipinski definition) is 4. The van der Waals surface area contributed by atoms with Gasteiger partial charge in [-0.15, -0.1) is 5.10 Å². The molecule has 1 amide bonds. The lowest BCUT2D eigenvalue weighted by molar-refractivity contribution is -0.116. The van der Waals surface area contributed by atoms with Crippen LogP contribution in [0.5, 0.6) is 0 Å². The van der Waals surface area contributed by atoms with Crippen molar-refractivity contribution in [1.82, 2.24) is 15.0 Å². The average Bonchev–Trinajstić information content (AvgIpc) is 3.01. The van der Waals surface area contributed by atoms with Crippen LogP contribution in [-0.4, -0.2) is 27.4 Å². The Morgan fingerprint density at radius 3 is 3.00 bits per heavy atom. The number of fused-ring (bicyclic) bond motifs is 1. The standard InChI is InChI=1S/C14H17N5O/c1-10(20)19-6-5-11-7-12(3-4-14(11)19)15-8-13-9-18(2)17-16-13/h3-4,7,9,15H,5-6,8H2,1-2H3. The quantitative estimate of drug-likeness (QED) is 0.915. The van der Waals surface area contributed by atoms with Crippen molar-refractivity contribution in [3.63, 3.8) is 0 Å². The maximum absolute atomic E-state index is 11.5. The molecule has 0 spiro atoms. The van der Waals surface area contributed by atoms with Gasteiger partial charge in [-0.05, 0) is 30.2 Å². The van der Waals surface area contributed by atoms with Crippen molar-refractivity contribution in [1.29, 1.82) is 0 Å². The Kier molecular flexibility index (Phi) is 3.14. The van der Waals surface area contributed by atoms with E-state index in [9.17, 15) is 4.79 Å². The maximum atomic E-state index is 11.5. The van der Waals surface area contributed by atoms with Crippen molar-refractivity contribution in [2.45, 2.75) is 19.9 Å². The SMILES string of the molecule is CC(=O)N1CCc2cc(NCc3cn(C)nn3)ccc21. The first kappa shape index (κ1) is 12.7. The summed E-state index contributed by atoms with van der Waals surface area (Å²) in [4.78, 5) is 13.3. The molecule has 0 aliphatic carbocycles. The normalized spacial score (nSPS) is 13.4. The van der Waals surface area contributed by atoms with Crippen molar-refractivity contribution in [2.75, 3.05) is 16.8 Å². The molecule has 0 fully saturated rings. The zero-order chi connectivity index (χ0) is 14.1. The van der Waals surface area contributed by atoms with Gasteiger partial charge < -0.3 is 10.2 Å². The third-order valence-corrected chi connectivity index (χ3v) is 3.48. The summed E-state index contributed by atoms with van der Waals surface area (Å²) in [6.45, 7) is 3.02. The zero-order valence-electron chi connectivity index (χ0n) is 11.6. The number of hydrogen-bond donors (Lipinski definition) is 1. The molecule has 1 aliphatic rings. The highest BCUT2D eigenvalue weighted by atomic mass is 16.2. The highest BCUT2D eigenvalue weighted by Crippen LogP contribution is 2.30. The third kappa shape index (κ3) is 2.36. The number of aryl methyl sites for hydroxylation is 1. The fraction of sp³-hybridized carbons (Fsp3) is 0.357. The number of benzene rings is 1. The number of amides is 1. The van der Waals surface area contributed by atoms with Crippen LogP contribution in [0.4, 0.5) is 11.4 Å². The minimum Gasteiger partial charge on any atom is -0.379 e. The number of aromatic nitrogens is 3. The van der Waals surface area contributed by atoms with E-state index < -0.39 is 0 Å². The van der Waals surface area contributed by atoms with Crippen LogP contribution in [0.15, 0.2) is 24.4 Å². The fourth-order valence-electron chi connectivity index (χ4n) is 2.51. The van der Waals surface area contributed by atoms with Crippen molar-refractivity contribution in [2.24, 2.45) is 7.05 Å². The first-order chi connectivity index (χ1) is 9.63. The predicted molar refractivity (Wildman–Crippen MR) is 76.5 cm³/mol. The summed E-state index contributed by atoms with van der Waals surface area (Å²) in [6.07, 6.45) is 2.80. The zero-order valence-corrected chi connectivity index (χ0v) is 11.6. The summed E-state index contributed by atoms with van der Waals surface area (Å²) in [5.41, 5.74) is 4.19. The number of nitrogens with one attached hydrogen (secondary N) is 1. The molecule has 1 aromatic heterocycles. The van der Waals surface area contributed by atoms with Gasteiger partial charge in [0.25, 0.3) is 0 Å². The van der Waals surface area contributed by atoms with Gasteiger partial charge in [0.15, 0.2) is 0 Å². The molecular weight excluding hydrogens is 254 g/mol. The highest BCUT2D eigenvalue weighted by Gasteiger charge is 2.21. The van der Waals surface area contributed by atoms with Crippen LogP contribution in [0.1, 0.15) is 18.2 Å². The molecule has 20 heavy (non-hydrogen) atoms. The van der Waals surface area contributed by atoms with Crippen LogP contribution in [0.3, 0.4) is 0 Å². The number of rotatable bonds is 3. The molecule has 1 aliphatic heterocycles. The van der Waals surface area contributed by atoms with E-state index in [4.69, 9.17) is 0 Å². The van der Waals surface area contributed by atoms with Crippen molar-refractivity contribution in [3.8, 4) is 0 Å². The topological polar surface area (TPSA) is 63.1 Å². The molecule has 0 saturated carbocycles. The molecule has 1 N–H and O–H groups in total. The summed E-state index contributed by atoms with van der Waals surface area (Å²) in [7, 11) is 1.85. The molecule has 2 aromatic rings. The van der Waals surface area contributed by atoms with Crippen molar-refractivity contribution in [3.05, 3.63) is 35.7 Å². The minimum atomic E-state index is 0.101. The largest absolute Gasteiger partial charge is 0.379 e. The second kappa shape index (κ2) is 4.96.